The summed E-state index contributed by atoms with van der Waals surface area (Å²) < 4.78 is 10.7. The predicted molar refractivity (Wildman–Crippen MR) is 103 cm³/mol. The van der Waals surface area contributed by atoms with E-state index in [0.29, 0.717) is 32.4 Å². The summed E-state index contributed by atoms with van der Waals surface area (Å²) in [6.07, 6.45) is 1.53. The van der Waals surface area contributed by atoms with Gasteiger partial charge in [-0.1, -0.05) is 18.2 Å². The molecule has 2 N–H and O–H groups in total. The lowest BCUT2D eigenvalue weighted by Crippen LogP contribution is -2.32. The van der Waals surface area contributed by atoms with Gasteiger partial charge in [0.1, 0.15) is 18.1 Å². The molecule has 1 aliphatic rings. The van der Waals surface area contributed by atoms with Crippen LogP contribution >= 0.6 is 0 Å². The van der Waals surface area contributed by atoms with Crippen LogP contribution in [0.15, 0.2) is 48.5 Å². The molecule has 6 nitrogen and oxygen atoms in total. The third kappa shape index (κ3) is 5.23. The molecule has 0 unspecified atom stereocenters. The SMILES string of the molecule is COc1ccc(OCCNC(=O)CC[C@H]2Cc3ccccc3NC2=O)cc1. The summed E-state index contributed by atoms with van der Waals surface area (Å²) in [5.74, 6) is 1.25. The minimum atomic E-state index is -0.166. The fourth-order valence-corrected chi connectivity index (χ4v) is 3.07. The number of para-hydroxylation sites is 1. The zero-order chi connectivity index (χ0) is 19.1. The maximum atomic E-state index is 12.2. The van der Waals surface area contributed by atoms with Crippen LogP contribution in [-0.2, 0) is 16.0 Å². The number of ether oxygens (including phenoxy) is 2. The van der Waals surface area contributed by atoms with Gasteiger partial charge in [0.25, 0.3) is 0 Å². The number of carbonyl (C=O) groups is 2. The van der Waals surface area contributed by atoms with E-state index in [4.69, 9.17) is 9.47 Å². The molecule has 6 heteroatoms. The van der Waals surface area contributed by atoms with Gasteiger partial charge in [0, 0.05) is 18.0 Å². The van der Waals surface area contributed by atoms with Crippen molar-refractivity contribution in [2.75, 3.05) is 25.6 Å². The van der Waals surface area contributed by atoms with E-state index in [1.807, 2.05) is 48.5 Å². The first-order valence-corrected chi connectivity index (χ1v) is 9.08. The number of anilines is 1. The fourth-order valence-electron chi connectivity index (χ4n) is 3.07. The van der Waals surface area contributed by atoms with Gasteiger partial charge >= 0.3 is 0 Å². The highest BCUT2D eigenvalue weighted by Gasteiger charge is 2.26. The molecule has 1 aliphatic heterocycles. The Balaban J connectivity index is 1.35. The molecule has 0 aromatic heterocycles. The van der Waals surface area contributed by atoms with E-state index in [-0.39, 0.29) is 17.7 Å². The number of hydrogen-bond acceptors (Lipinski definition) is 4. The van der Waals surface area contributed by atoms with Crippen LogP contribution in [0.4, 0.5) is 5.69 Å². The second-order valence-electron chi connectivity index (χ2n) is 6.46. The van der Waals surface area contributed by atoms with Crippen molar-refractivity contribution in [1.82, 2.24) is 5.32 Å². The molecule has 142 valence electrons. The van der Waals surface area contributed by atoms with Crippen LogP contribution in [0.2, 0.25) is 0 Å². The van der Waals surface area contributed by atoms with Gasteiger partial charge in [-0.25, -0.2) is 0 Å². The van der Waals surface area contributed by atoms with Gasteiger partial charge in [-0.3, -0.25) is 9.59 Å². The number of methoxy groups -OCH3 is 1. The van der Waals surface area contributed by atoms with E-state index in [2.05, 4.69) is 10.6 Å². The van der Waals surface area contributed by atoms with E-state index in [9.17, 15) is 9.59 Å². The van der Waals surface area contributed by atoms with E-state index < -0.39 is 0 Å². The van der Waals surface area contributed by atoms with Crippen molar-refractivity contribution in [1.29, 1.82) is 0 Å². The highest BCUT2D eigenvalue weighted by Crippen LogP contribution is 2.27. The van der Waals surface area contributed by atoms with Crippen LogP contribution in [0.5, 0.6) is 11.5 Å². The van der Waals surface area contributed by atoms with Crippen LogP contribution in [0.1, 0.15) is 18.4 Å². The molecule has 3 rings (SSSR count). The first kappa shape index (κ1) is 18.8. The van der Waals surface area contributed by atoms with Gasteiger partial charge in [0.2, 0.25) is 11.8 Å². The lowest BCUT2D eigenvalue weighted by molar-refractivity contribution is -0.122. The van der Waals surface area contributed by atoms with Gasteiger partial charge in [-0.15, -0.1) is 0 Å². The summed E-state index contributed by atoms with van der Waals surface area (Å²) in [5.41, 5.74) is 1.99. The lowest BCUT2D eigenvalue weighted by atomic mass is 9.89. The summed E-state index contributed by atoms with van der Waals surface area (Å²) in [4.78, 5) is 24.2. The van der Waals surface area contributed by atoms with Crippen molar-refractivity contribution in [3.05, 3.63) is 54.1 Å². The average Bonchev–Trinajstić information content (AvgIpc) is 2.70. The number of nitrogens with one attached hydrogen (secondary N) is 2. The van der Waals surface area contributed by atoms with Crippen LogP contribution in [-0.4, -0.2) is 32.1 Å². The average molecular weight is 368 g/mol. The smallest absolute Gasteiger partial charge is 0.227 e. The van der Waals surface area contributed by atoms with Gasteiger partial charge in [-0.2, -0.15) is 0 Å². The first-order valence-electron chi connectivity index (χ1n) is 9.08. The Morgan fingerprint density at radius 3 is 2.67 bits per heavy atom. The lowest BCUT2D eigenvalue weighted by Gasteiger charge is -2.24. The molecular weight excluding hydrogens is 344 g/mol. The minimum Gasteiger partial charge on any atom is -0.497 e. The van der Waals surface area contributed by atoms with Gasteiger partial charge in [0.05, 0.1) is 13.7 Å². The predicted octanol–water partition coefficient (Wildman–Crippen LogP) is 2.78. The fraction of sp³-hybridized carbons (Fsp3) is 0.333. The molecule has 2 amide bonds. The second-order valence-corrected chi connectivity index (χ2v) is 6.46. The summed E-state index contributed by atoms with van der Waals surface area (Å²) in [6.45, 7) is 0.805. The molecule has 0 bridgehead atoms. The molecule has 0 saturated carbocycles. The Bertz CT molecular complexity index is 789. The monoisotopic (exact) mass is 368 g/mol. The topological polar surface area (TPSA) is 76.7 Å². The maximum absolute atomic E-state index is 12.2. The summed E-state index contributed by atoms with van der Waals surface area (Å²) in [5, 5.41) is 5.74. The Hall–Kier alpha value is -3.02. The highest BCUT2D eigenvalue weighted by molar-refractivity contribution is 5.96. The van der Waals surface area contributed by atoms with Crippen molar-refractivity contribution < 1.29 is 19.1 Å². The summed E-state index contributed by atoms with van der Waals surface area (Å²) in [7, 11) is 1.61. The zero-order valence-electron chi connectivity index (χ0n) is 15.4. The molecule has 1 heterocycles. The molecular formula is C21H24N2O4. The van der Waals surface area contributed by atoms with Crippen LogP contribution < -0.4 is 20.1 Å². The standard InChI is InChI=1S/C21H24N2O4/c1-26-17-7-9-18(10-8-17)27-13-12-22-20(24)11-6-16-14-15-4-2-3-5-19(15)23-21(16)25/h2-5,7-10,16H,6,11-14H2,1H3,(H,22,24)(H,23,25)/t16-/m0/s1. The molecule has 0 aliphatic carbocycles. The van der Waals surface area contributed by atoms with Gasteiger partial charge in [-0.05, 0) is 48.7 Å². The number of carbonyl (C=O) groups excluding carboxylic acids is 2. The van der Waals surface area contributed by atoms with E-state index in [1.165, 1.54) is 0 Å². The molecule has 2 aromatic rings. The second kappa shape index (κ2) is 9.07. The largest absolute Gasteiger partial charge is 0.497 e. The van der Waals surface area contributed by atoms with Crippen LogP contribution in [0.25, 0.3) is 0 Å². The number of hydrogen-bond donors (Lipinski definition) is 2. The molecule has 0 spiro atoms. The molecule has 0 fully saturated rings. The van der Waals surface area contributed by atoms with E-state index in [0.717, 1.165) is 22.7 Å². The Morgan fingerprint density at radius 1 is 1.15 bits per heavy atom. The summed E-state index contributed by atoms with van der Waals surface area (Å²) >= 11 is 0. The van der Waals surface area contributed by atoms with E-state index in [1.54, 1.807) is 7.11 Å². The Morgan fingerprint density at radius 2 is 1.89 bits per heavy atom. The van der Waals surface area contributed by atoms with Crippen LogP contribution in [0.3, 0.4) is 0 Å². The molecule has 0 saturated heterocycles. The van der Waals surface area contributed by atoms with Crippen molar-refractivity contribution >= 4 is 17.5 Å². The number of amides is 2. The molecule has 2 aromatic carbocycles. The van der Waals surface area contributed by atoms with E-state index >= 15 is 0 Å². The molecule has 1 atom stereocenters. The van der Waals surface area contributed by atoms with Crippen molar-refractivity contribution in [2.24, 2.45) is 5.92 Å². The summed E-state index contributed by atoms with van der Waals surface area (Å²) in [6, 6.07) is 15.1. The first-order chi connectivity index (χ1) is 13.2. The van der Waals surface area contributed by atoms with Crippen molar-refractivity contribution in [2.45, 2.75) is 19.3 Å². The number of benzene rings is 2. The van der Waals surface area contributed by atoms with Crippen molar-refractivity contribution in [3.63, 3.8) is 0 Å². The Kier molecular flexibility index (Phi) is 6.30. The van der Waals surface area contributed by atoms with Crippen molar-refractivity contribution in [3.8, 4) is 11.5 Å². The number of fused-ring (bicyclic) bond motifs is 1. The third-order valence-electron chi connectivity index (χ3n) is 4.58. The molecule has 27 heavy (non-hydrogen) atoms. The maximum Gasteiger partial charge on any atom is 0.227 e. The quantitative estimate of drug-likeness (QED) is 0.703. The zero-order valence-corrected chi connectivity index (χ0v) is 15.4. The highest BCUT2D eigenvalue weighted by atomic mass is 16.5. The number of rotatable bonds is 8. The normalized spacial score (nSPS) is 15.4. The Labute approximate surface area is 158 Å². The third-order valence-corrected chi connectivity index (χ3v) is 4.58. The van der Waals surface area contributed by atoms with Crippen LogP contribution in [0, 0.1) is 5.92 Å². The minimum absolute atomic E-state index is 0.00987. The molecule has 0 radical (unpaired) electrons. The van der Waals surface area contributed by atoms with Gasteiger partial charge in [0.15, 0.2) is 0 Å². The van der Waals surface area contributed by atoms with Gasteiger partial charge < -0.3 is 20.1 Å².